The normalized spacial score (nSPS) is 32.8. The first-order valence-electron chi connectivity index (χ1n) is 7.43. The number of aliphatic carboxylic acids is 1. The van der Waals surface area contributed by atoms with Gasteiger partial charge in [0.25, 0.3) is 12.1 Å². The summed E-state index contributed by atoms with van der Waals surface area (Å²) < 4.78 is 10.2. The lowest BCUT2D eigenvalue weighted by molar-refractivity contribution is -0.413. The minimum absolute atomic E-state index is 0.109. The highest BCUT2D eigenvalue weighted by Crippen LogP contribution is 2.38. The van der Waals surface area contributed by atoms with Gasteiger partial charge in [-0.15, -0.1) is 0 Å². The molecule has 1 aliphatic rings. The Hall–Kier alpha value is -1.79. The van der Waals surface area contributed by atoms with E-state index >= 15 is 0 Å². The zero-order valence-corrected chi connectivity index (χ0v) is 13.3. The number of carboxylic acids is 1. The number of likely N-dealkylation sites (N-methyl/N-ethyl adjacent to an activating group) is 1. The van der Waals surface area contributed by atoms with E-state index in [1.807, 2.05) is 0 Å². The maximum Gasteiger partial charge on any atom is 0.336 e. The van der Waals surface area contributed by atoms with Crippen molar-refractivity contribution in [3.63, 3.8) is 0 Å². The number of hydrogen-bond acceptors (Lipinski definition) is 9. The van der Waals surface area contributed by atoms with Crippen molar-refractivity contribution in [2.75, 3.05) is 13.6 Å². The summed E-state index contributed by atoms with van der Waals surface area (Å²) in [5.41, 5.74) is -2.91. The molecular formula is C15H21NO9. The quantitative estimate of drug-likeness (QED) is 0.264. The van der Waals surface area contributed by atoms with Gasteiger partial charge in [-0.3, -0.25) is 0 Å². The summed E-state index contributed by atoms with van der Waals surface area (Å²) in [6.45, 7) is -0.346. The molecule has 25 heavy (non-hydrogen) atoms. The van der Waals surface area contributed by atoms with E-state index in [4.69, 9.17) is 9.47 Å². The molecule has 10 nitrogen and oxygen atoms in total. The van der Waals surface area contributed by atoms with Crippen molar-refractivity contribution in [3.05, 3.63) is 30.3 Å². The fraction of sp³-hybridized carbons (Fsp3) is 0.533. The molecule has 0 amide bonds. The fourth-order valence-electron chi connectivity index (χ4n) is 2.65. The van der Waals surface area contributed by atoms with Crippen LogP contribution in [0.2, 0.25) is 0 Å². The Kier molecular flexibility index (Phi) is 5.64. The average molecular weight is 359 g/mol. The van der Waals surface area contributed by atoms with Crippen LogP contribution in [0.5, 0.6) is 5.75 Å². The molecule has 1 aromatic rings. The van der Waals surface area contributed by atoms with Gasteiger partial charge in [-0.25, -0.2) is 4.79 Å². The number of benzene rings is 1. The van der Waals surface area contributed by atoms with Crippen molar-refractivity contribution in [2.45, 2.75) is 36.0 Å². The largest absolute Gasteiger partial charge is 0.479 e. The molecule has 7 N–H and O–H groups in total. The third-order valence-electron chi connectivity index (χ3n) is 4.01. The smallest absolute Gasteiger partial charge is 0.336 e. The Morgan fingerprint density at radius 1 is 1.32 bits per heavy atom. The molecule has 0 aliphatic carbocycles. The highest BCUT2D eigenvalue weighted by atomic mass is 16.7. The van der Waals surface area contributed by atoms with Crippen LogP contribution in [0.15, 0.2) is 30.3 Å². The molecule has 2 rings (SSSR count). The molecular weight excluding hydrogens is 338 g/mol. The standard InChI is InChI=1S/C15H21NO9/c1-16-7-9(17)14(21)10(11(18)19)25-13(15(22,23)12(14)20)24-8-5-3-2-4-6-8/h2-6,9-10,12-13,16-17,20-23H,7H2,1H3,(H,18,19)/t9-,10-,12+,13-,14-/m1/s1. The van der Waals surface area contributed by atoms with Crippen molar-refractivity contribution in [2.24, 2.45) is 0 Å². The van der Waals surface area contributed by atoms with E-state index in [1.54, 1.807) is 18.2 Å². The molecule has 1 heterocycles. The van der Waals surface area contributed by atoms with Crippen molar-refractivity contribution >= 4 is 5.97 Å². The third-order valence-corrected chi connectivity index (χ3v) is 4.01. The van der Waals surface area contributed by atoms with Gasteiger partial charge in [0, 0.05) is 6.54 Å². The van der Waals surface area contributed by atoms with Crippen LogP contribution in [0.1, 0.15) is 0 Å². The monoisotopic (exact) mass is 359 g/mol. The second-order valence-electron chi connectivity index (χ2n) is 5.76. The number of rotatable bonds is 6. The van der Waals surface area contributed by atoms with Crippen molar-refractivity contribution in [1.82, 2.24) is 5.32 Å². The van der Waals surface area contributed by atoms with E-state index < -0.39 is 42.0 Å². The minimum Gasteiger partial charge on any atom is -0.479 e. The van der Waals surface area contributed by atoms with Gasteiger partial charge in [-0.1, -0.05) is 18.2 Å². The predicted octanol–water partition coefficient (Wildman–Crippen LogP) is -2.77. The first kappa shape index (κ1) is 19.5. The molecule has 0 aromatic heterocycles. The molecule has 0 unspecified atom stereocenters. The topological polar surface area (TPSA) is 169 Å². The Morgan fingerprint density at radius 2 is 1.92 bits per heavy atom. The molecule has 0 spiro atoms. The molecule has 0 saturated carbocycles. The summed E-state index contributed by atoms with van der Waals surface area (Å²) in [6.07, 6.45) is -8.61. The maximum absolute atomic E-state index is 11.5. The fourth-order valence-corrected chi connectivity index (χ4v) is 2.65. The number of aliphatic hydroxyl groups excluding tert-OH is 2. The summed E-state index contributed by atoms with van der Waals surface area (Å²) in [7, 11) is 1.41. The number of ether oxygens (including phenoxy) is 2. The Labute approximate surface area is 142 Å². The molecule has 0 radical (unpaired) electrons. The number of para-hydroxylation sites is 1. The SMILES string of the molecule is CNC[C@@H](O)[C@@]1(O)[C@@H](C(=O)O)O[C@@H](Oc2ccccc2)C(O)(O)[C@H]1O. The lowest BCUT2D eigenvalue weighted by Crippen LogP contribution is -2.78. The summed E-state index contributed by atoms with van der Waals surface area (Å²) in [5.74, 6) is -4.82. The predicted molar refractivity (Wildman–Crippen MR) is 81.4 cm³/mol. The second kappa shape index (κ2) is 7.22. The zero-order valence-electron chi connectivity index (χ0n) is 13.3. The molecule has 5 atom stereocenters. The number of nitrogens with one attached hydrogen (secondary N) is 1. The Balaban J connectivity index is 2.38. The maximum atomic E-state index is 11.5. The summed E-state index contributed by atoms with van der Waals surface area (Å²) in [5, 5.41) is 63.1. The van der Waals surface area contributed by atoms with E-state index in [1.165, 1.54) is 19.2 Å². The molecule has 0 bridgehead atoms. The van der Waals surface area contributed by atoms with Crippen LogP contribution in [0.3, 0.4) is 0 Å². The van der Waals surface area contributed by atoms with Crippen LogP contribution in [-0.4, -0.2) is 86.2 Å². The van der Waals surface area contributed by atoms with E-state index in [0.717, 1.165) is 0 Å². The number of hydrogen-bond donors (Lipinski definition) is 7. The third kappa shape index (κ3) is 3.46. The van der Waals surface area contributed by atoms with Crippen molar-refractivity contribution < 1.29 is 44.9 Å². The molecule has 140 valence electrons. The summed E-state index contributed by atoms with van der Waals surface area (Å²) in [4.78, 5) is 11.5. The van der Waals surface area contributed by atoms with Crippen LogP contribution >= 0.6 is 0 Å². The molecule has 1 fully saturated rings. The van der Waals surface area contributed by atoms with E-state index in [0.29, 0.717) is 0 Å². The average Bonchev–Trinajstić information content (AvgIpc) is 2.56. The van der Waals surface area contributed by atoms with Gasteiger partial charge in [-0.05, 0) is 19.2 Å². The van der Waals surface area contributed by atoms with Crippen LogP contribution in [0.25, 0.3) is 0 Å². The summed E-state index contributed by atoms with van der Waals surface area (Å²) >= 11 is 0. The lowest BCUT2D eigenvalue weighted by atomic mass is 9.78. The number of aliphatic hydroxyl groups is 5. The van der Waals surface area contributed by atoms with Gasteiger partial charge in [0.05, 0.1) is 0 Å². The van der Waals surface area contributed by atoms with Crippen molar-refractivity contribution in [1.29, 1.82) is 0 Å². The molecule has 1 aromatic carbocycles. The number of carbonyl (C=O) groups is 1. The Morgan fingerprint density at radius 3 is 2.44 bits per heavy atom. The van der Waals surface area contributed by atoms with Crippen LogP contribution in [0, 0.1) is 0 Å². The molecule has 1 aliphatic heterocycles. The van der Waals surface area contributed by atoms with E-state index in [2.05, 4.69) is 5.32 Å². The minimum atomic E-state index is -3.20. The van der Waals surface area contributed by atoms with Gasteiger partial charge in [0.1, 0.15) is 18.0 Å². The van der Waals surface area contributed by atoms with Gasteiger partial charge >= 0.3 is 5.97 Å². The lowest BCUT2D eigenvalue weighted by Gasteiger charge is -2.51. The van der Waals surface area contributed by atoms with Gasteiger partial charge in [-0.2, -0.15) is 0 Å². The first-order valence-corrected chi connectivity index (χ1v) is 7.43. The van der Waals surface area contributed by atoms with E-state index in [-0.39, 0.29) is 12.3 Å². The highest BCUT2D eigenvalue weighted by molar-refractivity contribution is 5.74. The van der Waals surface area contributed by atoms with Gasteiger partial charge < -0.3 is 45.4 Å². The molecule has 10 heteroatoms. The van der Waals surface area contributed by atoms with Gasteiger partial charge in [0.2, 0.25) is 0 Å². The summed E-state index contributed by atoms with van der Waals surface area (Å²) in [6, 6.07) is 7.71. The van der Waals surface area contributed by atoms with Crippen LogP contribution < -0.4 is 10.1 Å². The molecule has 1 saturated heterocycles. The van der Waals surface area contributed by atoms with Crippen molar-refractivity contribution in [3.8, 4) is 5.75 Å². The first-order chi connectivity index (χ1) is 11.7. The van der Waals surface area contributed by atoms with Crippen LogP contribution in [0.4, 0.5) is 0 Å². The highest BCUT2D eigenvalue weighted by Gasteiger charge is 2.68. The zero-order chi connectivity index (χ0) is 18.8. The second-order valence-corrected chi connectivity index (χ2v) is 5.76. The van der Waals surface area contributed by atoms with Crippen LogP contribution in [-0.2, 0) is 9.53 Å². The Bertz CT molecular complexity index is 596. The number of carboxylic acid groups (broad SMARTS) is 1. The van der Waals surface area contributed by atoms with E-state index in [9.17, 15) is 35.4 Å². The van der Waals surface area contributed by atoms with Gasteiger partial charge in [0.15, 0.2) is 11.7 Å².